The third-order valence-corrected chi connectivity index (χ3v) is 1.60. The fourth-order valence-electron chi connectivity index (χ4n) is 0.700. The molecule has 0 unspecified atom stereocenters. The zero-order chi connectivity index (χ0) is 6.53. The first-order chi connectivity index (χ1) is 4.43. The van der Waals surface area contributed by atoms with Gasteiger partial charge in [-0.25, -0.2) is 0 Å². The molecule has 10 heavy (non-hydrogen) atoms. The number of hydrogen-bond donors (Lipinski definition) is 0. The number of hydrogen-bond acceptors (Lipinski definition) is 0. The van der Waals surface area contributed by atoms with Crippen molar-refractivity contribution in [1.82, 2.24) is 0 Å². The summed E-state index contributed by atoms with van der Waals surface area (Å²) in [6.45, 7) is 0. The molecule has 0 aliphatic carbocycles. The molecule has 1 aromatic rings. The van der Waals surface area contributed by atoms with Crippen molar-refractivity contribution >= 4 is 23.1 Å². The number of halogens is 1. The Kier molecular flexibility index (Phi) is 5.86. The first-order valence-electron chi connectivity index (χ1n) is 2.94. The van der Waals surface area contributed by atoms with Crippen LogP contribution in [-0.2, 0) is 18.3 Å². The Morgan fingerprint density at radius 1 is 1.10 bits per heavy atom. The minimum absolute atomic E-state index is 0. The molecule has 0 nitrogen and oxygen atoms in total. The second-order valence-electron chi connectivity index (χ2n) is 1.81. The average molecular weight is 249 g/mol. The maximum atomic E-state index is 2.16. The van der Waals surface area contributed by atoms with Crippen molar-refractivity contribution in [1.29, 1.82) is 0 Å². The van der Waals surface area contributed by atoms with E-state index in [0.29, 0.717) is 0 Å². The van der Waals surface area contributed by atoms with Crippen LogP contribution in [0.5, 0.6) is 0 Å². The van der Waals surface area contributed by atoms with Gasteiger partial charge in [-0.2, -0.15) is 0 Å². The molecule has 0 amide bonds. The van der Waals surface area contributed by atoms with Crippen molar-refractivity contribution in [3.05, 3.63) is 40.6 Å². The van der Waals surface area contributed by atoms with Crippen molar-refractivity contribution in [3.63, 3.8) is 0 Å². The van der Waals surface area contributed by atoms with Gasteiger partial charge in [-0.3, -0.25) is 0 Å². The summed E-state index contributed by atoms with van der Waals surface area (Å²) in [6.07, 6.45) is 2.14. The molecular formula is C8H8BrZn. The predicted octanol–water partition coefficient (Wildman–Crippen LogP) is 2.78. The summed E-state index contributed by atoms with van der Waals surface area (Å²) in [5.74, 6) is 0. The second-order valence-corrected chi connectivity index (χ2v) is 2.80. The molecule has 0 N–H and O–H groups in total. The normalized spacial score (nSPS) is 9.40. The Morgan fingerprint density at radius 2 is 1.70 bits per heavy atom. The number of rotatable bonds is 1. The van der Waals surface area contributed by atoms with E-state index < -0.39 is 0 Å². The van der Waals surface area contributed by atoms with E-state index in [4.69, 9.17) is 0 Å². The van der Waals surface area contributed by atoms with Crippen LogP contribution in [0.3, 0.4) is 0 Å². The summed E-state index contributed by atoms with van der Waals surface area (Å²) < 4.78 is 2.16. The van der Waals surface area contributed by atoms with Crippen molar-refractivity contribution < 1.29 is 18.3 Å². The summed E-state index contributed by atoms with van der Waals surface area (Å²) >= 11 is 1.23. The molecule has 0 radical (unpaired) electrons. The zero-order valence-corrected chi connectivity index (χ0v) is 10.3. The van der Waals surface area contributed by atoms with Gasteiger partial charge in [0.2, 0.25) is 0 Å². The van der Waals surface area contributed by atoms with Crippen LogP contribution in [0.25, 0.3) is 6.08 Å². The summed E-state index contributed by atoms with van der Waals surface area (Å²) in [5, 5.41) is 0. The summed E-state index contributed by atoms with van der Waals surface area (Å²) in [6, 6.07) is 10.3. The van der Waals surface area contributed by atoms with Crippen molar-refractivity contribution in [2.75, 3.05) is 0 Å². The molecule has 0 bridgehead atoms. The molecule has 49 valence electrons. The molecular weight excluding hydrogens is 241 g/mol. The van der Waals surface area contributed by atoms with Crippen molar-refractivity contribution in [2.24, 2.45) is 0 Å². The summed E-state index contributed by atoms with van der Waals surface area (Å²) in [4.78, 5) is 0. The Morgan fingerprint density at radius 3 is 2.20 bits per heavy atom. The van der Waals surface area contributed by atoms with Gasteiger partial charge in [0.05, 0.1) is 0 Å². The maximum absolute atomic E-state index is 2.16. The zero-order valence-electron chi connectivity index (χ0n) is 5.66. The van der Waals surface area contributed by atoms with Gasteiger partial charge in [-0.15, -0.1) is 17.0 Å². The van der Waals surface area contributed by atoms with Crippen LogP contribution in [0.4, 0.5) is 0 Å². The van der Waals surface area contributed by atoms with E-state index >= 15 is 0 Å². The Balaban J connectivity index is 0.000000810. The molecule has 1 aromatic carbocycles. The van der Waals surface area contributed by atoms with Crippen LogP contribution in [0.15, 0.2) is 35.0 Å². The molecule has 0 fully saturated rings. The van der Waals surface area contributed by atoms with Crippen LogP contribution in [-0.4, -0.2) is 0 Å². The molecule has 0 heterocycles. The first kappa shape index (κ1) is 10.1. The second kappa shape index (κ2) is 5.82. The van der Waals surface area contributed by atoms with E-state index in [9.17, 15) is 0 Å². The molecule has 1 rings (SSSR count). The van der Waals surface area contributed by atoms with E-state index in [1.54, 1.807) is 0 Å². The van der Waals surface area contributed by atoms with E-state index in [2.05, 4.69) is 35.0 Å². The van der Waals surface area contributed by atoms with Gasteiger partial charge < -0.3 is 0 Å². The quantitative estimate of drug-likeness (QED) is 0.671. The third kappa shape index (κ3) is 3.29. The standard InChI is InChI=1S/C8H7.BrH.Zn/c1-2-8-6-4-3-5-7-8;;/h1-7H;1H;. The van der Waals surface area contributed by atoms with E-state index in [1.807, 2.05) is 6.07 Å². The van der Waals surface area contributed by atoms with E-state index in [0.717, 1.165) is 0 Å². The molecule has 0 spiro atoms. The Hall–Kier alpha value is 0.0634. The Labute approximate surface area is 81.8 Å². The molecule has 0 aliphatic heterocycles. The van der Waals surface area contributed by atoms with Crippen LogP contribution in [0.1, 0.15) is 5.56 Å². The third-order valence-electron chi connectivity index (χ3n) is 1.11. The summed E-state index contributed by atoms with van der Waals surface area (Å²) in [5.41, 5.74) is 1.30. The van der Waals surface area contributed by atoms with Crippen LogP contribution < -0.4 is 0 Å². The molecule has 0 aromatic heterocycles. The van der Waals surface area contributed by atoms with Gasteiger partial charge in [0, 0.05) is 0 Å². The van der Waals surface area contributed by atoms with E-state index in [1.165, 1.54) is 23.9 Å². The van der Waals surface area contributed by atoms with Crippen molar-refractivity contribution in [3.8, 4) is 0 Å². The van der Waals surface area contributed by atoms with Crippen LogP contribution in [0, 0.1) is 0 Å². The molecule has 0 saturated carbocycles. The minimum atomic E-state index is 0. The van der Waals surface area contributed by atoms with Crippen molar-refractivity contribution in [2.45, 2.75) is 0 Å². The number of benzene rings is 1. The topological polar surface area (TPSA) is 0 Å². The fraction of sp³-hybridized carbons (Fsp3) is 0. The molecule has 0 atom stereocenters. The van der Waals surface area contributed by atoms with Gasteiger partial charge in [0.15, 0.2) is 0 Å². The van der Waals surface area contributed by atoms with Gasteiger partial charge in [0.25, 0.3) is 0 Å². The molecule has 0 saturated heterocycles. The summed E-state index contributed by atoms with van der Waals surface area (Å²) in [7, 11) is 0. The molecule has 0 aliphatic rings. The van der Waals surface area contributed by atoms with Gasteiger partial charge in [0.1, 0.15) is 0 Å². The molecule has 2 heteroatoms. The Bertz CT molecular complexity index is 194. The SMILES string of the molecule is Br.[Zn][CH]=Cc1ccccc1. The van der Waals surface area contributed by atoms with E-state index in [-0.39, 0.29) is 17.0 Å². The van der Waals surface area contributed by atoms with Crippen LogP contribution in [0.2, 0.25) is 0 Å². The predicted molar refractivity (Wildman–Crippen MR) is 45.8 cm³/mol. The first-order valence-corrected chi connectivity index (χ1v) is 4.65. The van der Waals surface area contributed by atoms with Gasteiger partial charge in [-0.1, -0.05) is 0 Å². The monoisotopic (exact) mass is 247 g/mol. The van der Waals surface area contributed by atoms with Gasteiger partial charge in [-0.05, 0) is 0 Å². The van der Waals surface area contributed by atoms with Gasteiger partial charge >= 0.3 is 64.9 Å². The fourth-order valence-corrected chi connectivity index (χ4v) is 1.27. The average Bonchev–Trinajstić information content (AvgIpc) is 1.91. The van der Waals surface area contributed by atoms with Crippen LogP contribution >= 0.6 is 17.0 Å².